The van der Waals surface area contributed by atoms with E-state index in [2.05, 4.69) is 9.97 Å². The van der Waals surface area contributed by atoms with Crippen molar-refractivity contribution in [3.05, 3.63) is 38.1 Å². The van der Waals surface area contributed by atoms with Crippen molar-refractivity contribution in [2.75, 3.05) is 0 Å². The summed E-state index contributed by atoms with van der Waals surface area (Å²) in [6.45, 7) is 0. The molecule has 6 nitrogen and oxygen atoms in total. The summed E-state index contributed by atoms with van der Waals surface area (Å²) in [5, 5.41) is 8.72. The molecule has 2 aromatic rings. The Hall–Kier alpha value is -0.406. The molecule has 8 heteroatoms. The van der Waals surface area contributed by atoms with Crippen LogP contribution in [0.1, 0.15) is 10.4 Å². The van der Waals surface area contributed by atoms with Gasteiger partial charge in [-0.1, -0.05) is 0 Å². The van der Waals surface area contributed by atoms with Gasteiger partial charge in [0.05, 0.1) is 6.20 Å². The van der Waals surface area contributed by atoms with Crippen molar-refractivity contribution in [2.24, 2.45) is 0 Å². The van der Waals surface area contributed by atoms with Crippen molar-refractivity contribution in [1.29, 1.82) is 0 Å². The molecular weight excluding hydrogens is 402 g/mol. The average Bonchev–Trinajstić information content (AvgIpc) is 2.19. The first-order valence-corrected chi connectivity index (χ1v) is 4.93. The van der Waals surface area contributed by atoms with E-state index in [-0.39, 0.29) is 44.1 Å². The fourth-order valence-corrected chi connectivity index (χ4v) is 1.51. The van der Waals surface area contributed by atoms with Gasteiger partial charge in [0.15, 0.2) is 0 Å². The van der Waals surface area contributed by atoms with Gasteiger partial charge in [0, 0.05) is 48.7 Å². The van der Waals surface area contributed by atoms with Gasteiger partial charge in [0.1, 0.15) is 5.56 Å². The van der Waals surface area contributed by atoms with Crippen LogP contribution in [-0.2, 0) is 32.7 Å². The van der Waals surface area contributed by atoms with Crippen molar-refractivity contribution in [2.45, 2.75) is 0 Å². The van der Waals surface area contributed by atoms with E-state index >= 15 is 0 Å². The number of rotatable bonds is 1. The first kappa shape index (κ1) is 13.7. The minimum Gasteiger partial charge on any atom is -0.477 e. The number of hydrogen-bond acceptors (Lipinski definition) is 4. The van der Waals surface area contributed by atoms with Gasteiger partial charge in [-0.3, -0.25) is 9.20 Å². The van der Waals surface area contributed by atoms with E-state index < -0.39 is 11.5 Å². The Kier molecular flexibility index (Phi) is 4.51. The van der Waals surface area contributed by atoms with E-state index in [1.807, 2.05) is 22.6 Å². The van der Waals surface area contributed by atoms with Crippen LogP contribution < -0.4 is 5.56 Å². The Balaban J connectivity index is 0.00000128. The van der Waals surface area contributed by atoms with Crippen LogP contribution >= 0.6 is 22.6 Å². The van der Waals surface area contributed by atoms with Crippen LogP contribution in [0.2, 0.25) is 0 Å². The molecule has 0 aliphatic heterocycles. The molecule has 0 amide bonds. The molecule has 1 N–H and O–H groups in total. The van der Waals surface area contributed by atoms with Gasteiger partial charge in [-0.2, -0.15) is 0 Å². The summed E-state index contributed by atoms with van der Waals surface area (Å²) in [5.41, 5.74) is -0.991. The maximum Gasteiger partial charge on any atom is 0.342 e. The maximum absolute atomic E-state index is 11.6. The summed E-state index contributed by atoms with van der Waals surface area (Å²) >= 11 is 1.98. The van der Waals surface area contributed by atoms with E-state index in [0.29, 0.717) is 0 Å². The molecule has 0 aromatic carbocycles. The Morgan fingerprint density at radius 1 is 1.38 bits per heavy atom. The summed E-state index contributed by atoms with van der Waals surface area (Å²) in [6, 6.07) is 0. The SMILES string of the molecule is O=C(O)c1cnc2ncc(I)cn2c1=O.[Y]. The molecule has 79 valence electrons. The van der Waals surface area contributed by atoms with Crippen LogP contribution in [0.5, 0.6) is 0 Å². The third-order valence-electron chi connectivity index (χ3n) is 1.76. The summed E-state index contributed by atoms with van der Waals surface area (Å²) in [7, 11) is 0. The van der Waals surface area contributed by atoms with E-state index in [4.69, 9.17) is 5.11 Å². The van der Waals surface area contributed by atoms with E-state index in [1.54, 1.807) is 6.20 Å². The van der Waals surface area contributed by atoms with Gasteiger partial charge < -0.3 is 5.11 Å². The van der Waals surface area contributed by atoms with Crippen molar-refractivity contribution in [3.8, 4) is 0 Å². The molecule has 0 atom stereocenters. The summed E-state index contributed by atoms with van der Waals surface area (Å²) < 4.78 is 1.84. The van der Waals surface area contributed by atoms with Crippen molar-refractivity contribution in [1.82, 2.24) is 14.4 Å². The zero-order chi connectivity index (χ0) is 11.0. The first-order valence-electron chi connectivity index (χ1n) is 3.86. The number of aromatic carboxylic acids is 1. The smallest absolute Gasteiger partial charge is 0.342 e. The van der Waals surface area contributed by atoms with Gasteiger partial charge in [0.2, 0.25) is 5.78 Å². The van der Waals surface area contributed by atoms with Crippen LogP contribution in [0.4, 0.5) is 0 Å². The zero-order valence-corrected chi connectivity index (χ0v) is 12.8. The Morgan fingerprint density at radius 3 is 2.62 bits per heavy atom. The molecule has 0 fully saturated rings. The second-order valence-corrected chi connectivity index (χ2v) is 3.97. The molecule has 2 aromatic heterocycles. The molecule has 0 aliphatic carbocycles. The monoisotopic (exact) mass is 406 g/mol. The van der Waals surface area contributed by atoms with Gasteiger partial charge in [0.25, 0.3) is 5.56 Å². The average molecular weight is 406 g/mol. The molecule has 0 unspecified atom stereocenters. The number of aromatic nitrogens is 3. The van der Waals surface area contributed by atoms with E-state index in [0.717, 1.165) is 14.2 Å². The third kappa shape index (κ3) is 2.46. The Bertz CT molecular complexity index is 613. The van der Waals surface area contributed by atoms with Gasteiger partial charge >= 0.3 is 5.97 Å². The predicted molar refractivity (Wildman–Crippen MR) is 58.9 cm³/mol. The summed E-state index contributed by atoms with van der Waals surface area (Å²) in [6.07, 6.45) is 4.05. The maximum atomic E-state index is 11.6. The molecule has 0 bridgehead atoms. The standard InChI is InChI=1S/C8H4IN3O3.Y/c9-4-1-10-8-11-2-5(7(14)15)6(13)12(8)3-4;/h1-3H,(H,14,15);. The van der Waals surface area contributed by atoms with Gasteiger partial charge in [-0.15, -0.1) is 0 Å². The predicted octanol–water partition coefficient (Wildman–Crippen LogP) is 0.390. The number of fused-ring (bicyclic) bond motifs is 1. The zero-order valence-electron chi connectivity index (χ0n) is 7.79. The Labute approximate surface area is 128 Å². The number of carboxylic acids is 1. The molecule has 2 heterocycles. The molecule has 0 saturated carbocycles. The quantitative estimate of drug-likeness (QED) is 0.694. The third-order valence-corrected chi connectivity index (χ3v) is 2.32. The molecule has 0 saturated heterocycles. The first-order chi connectivity index (χ1) is 7.09. The minimum atomic E-state index is -1.29. The summed E-state index contributed by atoms with van der Waals surface area (Å²) in [4.78, 5) is 30.0. The molecular formula is C8H4IN3O3Y. The van der Waals surface area contributed by atoms with Crippen molar-refractivity contribution >= 4 is 34.3 Å². The molecule has 0 aliphatic rings. The van der Waals surface area contributed by atoms with Crippen molar-refractivity contribution < 1.29 is 42.6 Å². The van der Waals surface area contributed by atoms with Gasteiger partial charge in [-0.25, -0.2) is 14.8 Å². The fraction of sp³-hybridized carbons (Fsp3) is 0. The topological polar surface area (TPSA) is 84.6 Å². The van der Waals surface area contributed by atoms with Crippen LogP contribution in [0.3, 0.4) is 0 Å². The number of carbonyl (C=O) groups is 1. The molecule has 16 heavy (non-hydrogen) atoms. The van der Waals surface area contributed by atoms with Crippen LogP contribution in [0.15, 0.2) is 23.4 Å². The second-order valence-electron chi connectivity index (χ2n) is 2.72. The molecule has 1 radical (unpaired) electrons. The molecule has 0 spiro atoms. The summed E-state index contributed by atoms with van der Waals surface area (Å²) in [5.74, 6) is -1.11. The van der Waals surface area contributed by atoms with E-state index in [9.17, 15) is 9.59 Å². The van der Waals surface area contributed by atoms with Crippen molar-refractivity contribution in [3.63, 3.8) is 0 Å². The van der Waals surface area contributed by atoms with Crippen LogP contribution in [0, 0.1) is 3.57 Å². The van der Waals surface area contributed by atoms with E-state index in [1.165, 1.54) is 6.20 Å². The fourth-order valence-electron chi connectivity index (χ4n) is 1.09. The largest absolute Gasteiger partial charge is 0.477 e. The number of hydrogen-bond donors (Lipinski definition) is 1. The molecule has 2 rings (SSSR count). The van der Waals surface area contributed by atoms with Crippen LogP contribution in [0.25, 0.3) is 5.78 Å². The Morgan fingerprint density at radius 2 is 2.00 bits per heavy atom. The van der Waals surface area contributed by atoms with Gasteiger partial charge in [-0.05, 0) is 22.6 Å². The minimum absolute atomic E-state index is 0. The number of halogens is 1. The number of nitrogens with zero attached hydrogens (tertiary/aromatic N) is 3. The number of carboxylic acid groups (broad SMARTS) is 1. The normalized spacial score (nSPS) is 9.81. The van der Waals surface area contributed by atoms with Crippen LogP contribution in [-0.4, -0.2) is 25.4 Å². The second kappa shape index (κ2) is 5.28.